The topological polar surface area (TPSA) is 0 Å². The van der Waals surface area contributed by atoms with Gasteiger partial charge in [-0.1, -0.05) is 40.0 Å². The number of alkyl halides is 1. The van der Waals surface area contributed by atoms with Crippen LogP contribution in [0.25, 0.3) is 0 Å². The Morgan fingerprint density at radius 1 is 0.696 bits per heavy atom. The summed E-state index contributed by atoms with van der Waals surface area (Å²) < 4.78 is 14.4. The van der Waals surface area contributed by atoms with Gasteiger partial charge in [0, 0.05) is 0 Å². The van der Waals surface area contributed by atoms with E-state index in [0.29, 0.717) is 17.8 Å². The molecule has 23 heavy (non-hydrogen) atoms. The van der Waals surface area contributed by atoms with Gasteiger partial charge in [0.25, 0.3) is 0 Å². The Balaban J connectivity index is 1.47. The number of halogens is 1. The summed E-state index contributed by atoms with van der Waals surface area (Å²) in [5, 5.41) is 0. The van der Waals surface area contributed by atoms with E-state index in [1.165, 1.54) is 64.2 Å². The molecule has 3 aliphatic rings. The zero-order valence-corrected chi connectivity index (χ0v) is 15.8. The predicted octanol–water partition coefficient (Wildman–Crippen LogP) is 7.03. The van der Waals surface area contributed by atoms with Crippen molar-refractivity contribution in [3.8, 4) is 0 Å². The molecule has 0 aromatic rings. The fourth-order valence-electron chi connectivity index (χ4n) is 6.41. The molecule has 4 atom stereocenters. The van der Waals surface area contributed by atoms with Crippen LogP contribution in [0.1, 0.15) is 91.4 Å². The molecule has 3 rings (SSSR count). The first-order valence-electron chi connectivity index (χ1n) is 10.7. The van der Waals surface area contributed by atoms with E-state index in [1.807, 2.05) is 0 Å². The third-order valence-electron chi connectivity index (χ3n) is 8.23. The molecule has 0 N–H and O–H groups in total. The van der Waals surface area contributed by atoms with Crippen molar-refractivity contribution < 1.29 is 4.39 Å². The lowest BCUT2D eigenvalue weighted by molar-refractivity contribution is 0.0200. The van der Waals surface area contributed by atoms with Gasteiger partial charge in [-0.05, 0) is 92.8 Å². The normalized spacial score (nSPS) is 49.0. The van der Waals surface area contributed by atoms with Gasteiger partial charge in [-0.3, -0.25) is 0 Å². The molecule has 4 unspecified atom stereocenters. The van der Waals surface area contributed by atoms with Gasteiger partial charge in [-0.25, -0.2) is 4.39 Å². The predicted molar refractivity (Wildman–Crippen MR) is 97.1 cm³/mol. The van der Waals surface area contributed by atoms with Crippen molar-refractivity contribution in [1.82, 2.24) is 0 Å². The second-order valence-corrected chi connectivity index (χ2v) is 9.39. The molecular formula is C22H39F. The minimum atomic E-state index is -0.546. The van der Waals surface area contributed by atoms with Crippen molar-refractivity contribution in [2.45, 2.75) is 97.6 Å². The van der Waals surface area contributed by atoms with E-state index >= 15 is 0 Å². The first-order valence-corrected chi connectivity index (χ1v) is 10.7. The van der Waals surface area contributed by atoms with E-state index < -0.39 is 6.17 Å². The number of hydrogen-bond donors (Lipinski definition) is 0. The van der Waals surface area contributed by atoms with Crippen LogP contribution in [0, 0.1) is 41.4 Å². The van der Waals surface area contributed by atoms with Crippen LogP contribution >= 0.6 is 0 Å². The Kier molecular flexibility index (Phi) is 6.07. The minimum Gasteiger partial charge on any atom is -0.247 e. The van der Waals surface area contributed by atoms with Crippen LogP contribution in [0.15, 0.2) is 0 Å². The quantitative estimate of drug-likeness (QED) is 0.523. The van der Waals surface area contributed by atoms with Crippen molar-refractivity contribution in [3.05, 3.63) is 0 Å². The molecule has 3 fully saturated rings. The second-order valence-electron chi connectivity index (χ2n) is 9.39. The summed E-state index contributed by atoms with van der Waals surface area (Å²) in [5.74, 6) is 5.16. The van der Waals surface area contributed by atoms with Gasteiger partial charge in [-0.2, -0.15) is 0 Å². The Bertz CT molecular complexity index is 349. The maximum absolute atomic E-state index is 14.4. The molecule has 0 amide bonds. The van der Waals surface area contributed by atoms with Crippen molar-refractivity contribution >= 4 is 0 Å². The lowest BCUT2D eigenvalue weighted by atomic mass is 9.62. The van der Waals surface area contributed by atoms with Crippen LogP contribution in [-0.4, -0.2) is 6.17 Å². The standard InChI is InChI=1S/C22H39F/c1-4-17-6-8-18(9-7-17)19-10-12-20(13-11-19)21-14-5-15(2)22(23)16(21)3/h15-22H,4-14H2,1-3H3. The molecule has 0 aromatic carbocycles. The van der Waals surface area contributed by atoms with Crippen molar-refractivity contribution in [2.24, 2.45) is 41.4 Å². The van der Waals surface area contributed by atoms with E-state index in [1.54, 1.807) is 0 Å². The number of rotatable bonds is 3. The lowest BCUT2D eigenvalue weighted by Crippen LogP contribution is -2.38. The molecule has 0 aliphatic heterocycles. The molecule has 0 heterocycles. The molecular weight excluding hydrogens is 283 g/mol. The summed E-state index contributed by atoms with van der Waals surface area (Å²) in [6, 6.07) is 0. The monoisotopic (exact) mass is 322 g/mol. The molecule has 0 nitrogen and oxygen atoms in total. The molecule has 3 aliphatic carbocycles. The molecule has 1 heteroatoms. The van der Waals surface area contributed by atoms with E-state index in [9.17, 15) is 4.39 Å². The average Bonchev–Trinajstić information content (AvgIpc) is 2.60. The molecule has 0 bridgehead atoms. The molecule has 3 saturated carbocycles. The van der Waals surface area contributed by atoms with Crippen LogP contribution < -0.4 is 0 Å². The molecule has 0 aromatic heterocycles. The van der Waals surface area contributed by atoms with E-state index in [4.69, 9.17) is 0 Å². The van der Waals surface area contributed by atoms with Crippen LogP contribution in [0.5, 0.6) is 0 Å². The Hall–Kier alpha value is -0.0700. The molecule has 0 radical (unpaired) electrons. The van der Waals surface area contributed by atoms with Crippen LogP contribution in [0.3, 0.4) is 0 Å². The van der Waals surface area contributed by atoms with Gasteiger partial charge in [0.1, 0.15) is 6.17 Å². The van der Waals surface area contributed by atoms with Crippen molar-refractivity contribution in [3.63, 3.8) is 0 Å². The fourth-order valence-corrected chi connectivity index (χ4v) is 6.41. The highest BCUT2D eigenvalue weighted by Gasteiger charge is 2.40. The summed E-state index contributed by atoms with van der Waals surface area (Å²) in [4.78, 5) is 0. The molecule has 0 spiro atoms. The molecule has 0 saturated heterocycles. The van der Waals surface area contributed by atoms with E-state index in [-0.39, 0.29) is 0 Å². The van der Waals surface area contributed by atoms with Gasteiger partial charge in [0.05, 0.1) is 0 Å². The Morgan fingerprint density at radius 2 is 1.22 bits per heavy atom. The average molecular weight is 323 g/mol. The summed E-state index contributed by atoms with van der Waals surface area (Å²) in [6.07, 6.45) is 14.9. The van der Waals surface area contributed by atoms with Gasteiger partial charge in [0.15, 0.2) is 0 Å². The van der Waals surface area contributed by atoms with Crippen molar-refractivity contribution in [2.75, 3.05) is 0 Å². The third kappa shape index (κ3) is 3.96. The fraction of sp³-hybridized carbons (Fsp3) is 1.00. The zero-order chi connectivity index (χ0) is 16.4. The van der Waals surface area contributed by atoms with Crippen LogP contribution in [-0.2, 0) is 0 Å². The smallest absolute Gasteiger partial charge is 0.105 e. The summed E-state index contributed by atoms with van der Waals surface area (Å²) >= 11 is 0. The largest absolute Gasteiger partial charge is 0.247 e. The van der Waals surface area contributed by atoms with Crippen LogP contribution in [0.2, 0.25) is 0 Å². The van der Waals surface area contributed by atoms with Crippen LogP contribution in [0.4, 0.5) is 4.39 Å². The highest BCUT2D eigenvalue weighted by molar-refractivity contribution is 4.90. The number of hydrogen-bond acceptors (Lipinski definition) is 0. The summed E-state index contributed by atoms with van der Waals surface area (Å²) in [7, 11) is 0. The highest BCUT2D eigenvalue weighted by Crippen LogP contribution is 2.48. The molecule has 134 valence electrons. The highest BCUT2D eigenvalue weighted by atomic mass is 19.1. The SMILES string of the molecule is CCC1CCC(C2CCC(C3CCC(C)C(F)C3C)CC2)CC1. The summed E-state index contributed by atoms with van der Waals surface area (Å²) in [6.45, 7) is 6.67. The third-order valence-corrected chi connectivity index (χ3v) is 8.23. The van der Waals surface area contributed by atoms with Gasteiger partial charge in [-0.15, -0.1) is 0 Å². The first-order chi connectivity index (χ1) is 11.1. The maximum atomic E-state index is 14.4. The Morgan fingerprint density at radius 3 is 1.78 bits per heavy atom. The maximum Gasteiger partial charge on any atom is 0.105 e. The van der Waals surface area contributed by atoms with E-state index in [0.717, 1.165) is 30.1 Å². The van der Waals surface area contributed by atoms with Crippen molar-refractivity contribution in [1.29, 1.82) is 0 Å². The summed E-state index contributed by atoms with van der Waals surface area (Å²) in [5.41, 5.74) is 0. The van der Waals surface area contributed by atoms with Gasteiger partial charge >= 0.3 is 0 Å². The minimum absolute atomic E-state index is 0.298. The zero-order valence-electron chi connectivity index (χ0n) is 15.8. The first kappa shape index (κ1) is 17.7. The van der Waals surface area contributed by atoms with Gasteiger partial charge < -0.3 is 0 Å². The van der Waals surface area contributed by atoms with Gasteiger partial charge in [0.2, 0.25) is 0 Å². The second kappa shape index (κ2) is 7.87. The Labute approximate surface area is 144 Å². The lowest BCUT2D eigenvalue weighted by Gasteiger charge is -2.44. The van der Waals surface area contributed by atoms with E-state index in [2.05, 4.69) is 20.8 Å².